The van der Waals surface area contributed by atoms with Crippen LogP contribution in [0.15, 0.2) is 22.7 Å². The first kappa shape index (κ1) is 8.88. The Morgan fingerprint density at radius 2 is 2.31 bits per heavy atom. The molecule has 2 rings (SSSR count). The largest absolute Gasteiger partial charge is 0.379 e. The lowest BCUT2D eigenvalue weighted by atomic mass is 10.1. The summed E-state index contributed by atoms with van der Waals surface area (Å²) in [7, 11) is 2.13. The first-order valence-electron chi connectivity index (χ1n) is 4.44. The topological polar surface area (TPSA) is 15.3 Å². The number of rotatable bonds is 0. The van der Waals surface area contributed by atoms with Gasteiger partial charge in [0.15, 0.2) is 0 Å². The minimum atomic E-state index is 0.527. The Kier molecular flexibility index (Phi) is 2.20. The lowest BCUT2D eigenvalue weighted by molar-refractivity contribution is 0.738. The van der Waals surface area contributed by atoms with Gasteiger partial charge in [-0.15, -0.1) is 0 Å². The van der Waals surface area contributed by atoms with Crippen molar-refractivity contribution in [1.82, 2.24) is 0 Å². The highest BCUT2D eigenvalue weighted by Crippen LogP contribution is 2.32. The summed E-state index contributed by atoms with van der Waals surface area (Å²) < 4.78 is 1.13. The van der Waals surface area contributed by atoms with E-state index >= 15 is 0 Å². The maximum Gasteiger partial charge on any atom is 0.0611 e. The molecule has 1 heterocycles. The Labute approximate surface area is 87.1 Å². The molecule has 0 saturated carbocycles. The van der Waals surface area contributed by atoms with Gasteiger partial charge in [-0.25, -0.2) is 0 Å². The predicted molar refractivity (Wildman–Crippen MR) is 60.5 cm³/mol. The number of hydrogen-bond acceptors (Lipinski definition) is 2. The van der Waals surface area contributed by atoms with Gasteiger partial charge in [-0.2, -0.15) is 0 Å². The quantitative estimate of drug-likeness (QED) is 0.751. The van der Waals surface area contributed by atoms with Crippen LogP contribution in [0.25, 0.3) is 0 Å². The van der Waals surface area contributed by atoms with E-state index in [1.165, 1.54) is 11.4 Å². The van der Waals surface area contributed by atoms with Crippen LogP contribution in [-0.4, -0.2) is 19.6 Å². The second-order valence-electron chi connectivity index (χ2n) is 3.59. The molecule has 0 radical (unpaired) electrons. The van der Waals surface area contributed by atoms with Crippen molar-refractivity contribution in [2.45, 2.75) is 13.0 Å². The van der Waals surface area contributed by atoms with E-state index in [0.717, 1.165) is 11.0 Å². The lowest BCUT2D eigenvalue weighted by Crippen LogP contribution is -2.37. The summed E-state index contributed by atoms with van der Waals surface area (Å²) in [5, 5.41) is 3.45. The summed E-state index contributed by atoms with van der Waals surface area (Å²) in [6, 6.07) is 6.86. The van der Waals surface area contributed by atoms with Crippen LogP contribution < -0.4 is 10.2 Å². The van der Waals surface area contributed by atoms with Gasteiger partial charge in [0.05, 0.1) is 11.4 Å². The number of nitrogens with one attached hydrogen (secondary N) is 1. The summed E-state index contributed by atoms with van der Waals surface area (Å²) in [6.07, 6.45) is 0. The molecule has 0 spiro atoms. The molecular weight excluding hydrogens is 228 g/mol. The van der Waals surface area contributed by atoms with Gasteiger partial charge in [-0.05, 0) is 25.1 Å². The average molecular weight is 241 g/mol. The van der Waals surface area contributed by atoms with Crippen LogP contribution in [0.4, 0.5) is 11.4 Å². The molecule has 1 unspecified atom stereocenters. The third-order valence-corrected chi connectivity index (χ3v) is 2.81. The fraction of sp³-hybridized carbons (Fsp3) is 0.400. The van der Waals surface area contributed by atoms with Crippen molar-refractivity contribution < 1.29 is 0 Å². The molecule has 0 fully saturated rings. The second kappa shape index (κ2) is 3.22. The molecular formula is C10H13BrN2. The Balaban J connectivity index is 2.43. The predicted octanol–water partition coefficient (Wildman–Crippen LogP) is 2.70. The van der Waals surface area contributed by atoms with Crippen molar-refractivity contribution in [2.24, 2.45) is 0 Å². The van der Waals surface area contributed by atoms with Gasteiger partial charge in [-0.1, -0.05) is 15.9 Å². The minimum absolute atomic E-state index is 0.527. The number of benzene rings is 1. The maximum absolute atomic E-state index is 3.48. The Bertz CT molecular complexity index is 325. The molecule has 3 heteroatoms. The van der Waals surface area contributed by atoms with Gasteiger partial charge < -0.3 is 10.2 Å². The van der Waals surface area contributed by atoms with Crippen LogP contribution in [0.2, 0.25) is 0 Å². The van der Waals surface area contributed by atoms with E-state index in [1.807, 2.05) is 0 Å². The Morgan fingerprint density at radius 1 is 1.54 bits per heavy atom. The number of anilines is 2. The molecule has 0 saturated heterocycles. The summed E-state index contributed by atoms with van der Waals surface area (Å²) in [6.45, 7) is 3.25. The van der Waals surface area contributed by atoms with Crippen LogP contribution in [0, 0.1) is 0 Å². The zero-order valence-corrected chi connectivity index (χ0v) is 9.43. The van der Waals surface area contributed by atoms with E-state index in [0.29, 0.717) is 6.04 Å². The minimum Gasteiger partial charge on any atom is -0.379 e. The number of likely N-dealkylation sites (N-methyl/N-ethyl adjacent to an activating group) is 1. The van der Waals surface area contributed by atoms with Crippen LogP contribution in [-0.2, 0) is 0 Å². The van der Waals surface area contributed by atoms with E-state index in [2.05, 4.69) is 58.3 Å². The molecule has 1 aromatic carbocycles. The van der Waals surface area contributed by atoms with E-state index in [9.17, 15) is 0 Å². The van der Waals surface area contributed by atoms with E-state index < -0.39 is 0 Å². The molecule has 1 aromatic rings. The Hall–Kier alpha value is -0.700. The third-order valence-electron chi connectivity index (χ3n) is 2.32. The van der Waals surface area contributed by atoms with Gasteiger partial charge in [0.1, 0.15) is 0 Å². The molecule has 13 heavy (non-hydrogen) atoms. The van der Waals surface area contributed by atoms with E-state index in [1.54, 1.807) is 0 Å². The molecule has 1 N–H and O–H groups in total. The molecule has 1 aliphatic rings. The molecule has 0 bridgehead atoms. The van der Waals surface area contributed by atoms with Crippen LogP contribution >= 0.6 is 15.9 Å². The first-order valence-corrected chi connectivity index (χ1v) is 5.23. The molecule has 70 valence electrons. The Morgan fingerprint density at radius 3 is 3.08 bits per heavy atom. The smallest absolute Gasteiger partial charge is 0.0611 e. The van der Waals surface area contributed by atoms with Crippen molar-refractivity contribution in [2.75, 3.05) is 23.8 Å². The van der Waals surface area contributed by atoms with Crippen molar-refractivity contribution in [3.8, 4) is 0 Å². The monoisotopic (exact) mass is 240 g/mol. The van der Waals surface area contributed by atoms with Crippen molar-refractivity contribution in [1.29, 1.82) is 0 Å². The molecule has 0 aromatic heterocycles. The van der Waals surface area contributed by atoms with Crippen molar-refractivity contribution >= 4 is 27.3 Å². The standard InChI is InChI=1S/C10H13BrN2/c1-7-6-13(2)10-5-8(11)3-4-9(10)12-7/h3-5,7,12H,6H2,1-2H3. The molecule has 2 nitrogen and oxygen atoms in total. The van der Waals surface area contributed by atoms with Crippen LogP contribution in [0.1, 0.15) is 6.92 Å². The van der Waals surface area contributed by atoms with Crippen LogP contribution in [0.5, 0.6) is 0 Å². The third kappa shape index (κ3) is 1.66. The van der Waals surface area contributed by atoms with E-state index in [4.69, 9.17) is 0 Å². The van der Waals surface area contributed by atoms with Crippen molar-refractivity contribution in [3.63, 3.8) is 0 Å². The summed E-state index contributed by atoms with van der Waals surface area (Å²) >= 11 is 3.48. The maximum atomic E-state index is 3.48. The summed E-state index contributed by atoms with van der Waals surface area (Å²) in [5.41, 5.74) is 2.50. The highest BCUT2D eigenvalue weighted by atomic mass is 79.9. The van der Waals surface area contributed by atoms with Gasteiger partial charge >= 0.3 is 0 Å². The zero-order chi connectivity index (χ0) is 9.42. The van der Waals surface area contributed by atoms with E-state index in [-0.39, 0.29) is 0 Å². The van der Waals surface area contributed by atoms with Gasteiger partial charge in [0.2, 0.25) is 0 Å². The first-order chi connectivity index (χ1) is 6.16. The SMILES string of the molecule is CC1CN(C)c2cc(Br)ccc2N1. The summed E-state index contributed by atoms with van der Waals surface area (Å²) in [4.78, 5) is 2.28. The lowest BCUT2D eigenvalue weighted by Gasteiger charge is -2.33. The van der Waals surface area contributed by atoms with Gasteiger partial charge in [0.25, 0.3) is 0 Å². The average Bonchev–Trinajstić information content (AvgIpc) is 2.06. The van der Waals surface area contributed by atoms with Gasteiger partial charge in [-0.3, -0.25) is 0 Å². The molecule has 0 aliphatic carbocycles. The van der Waals surface area contributed by atoms with Crippen LogP contribution in [0.3, 0.4) is 0 Å². The number of nitrogens with zero attached hydrogens (tertiary/aromatic N) is 1. The van der Waals surface area contributed by atoms with Crippen molar-refractivity contribution in [3.05, 3.63) is 22.7 Å². The normalized spacial score (nSPS) is 20.8. The number of hydrogen-bond donors (Lipinski definition) is 1. The van der Waals surface area contributed by atoms with Gasteiger partial charge in [0, 0.05) is 24.1 Å². The highest BCUT2D eigenvalue weighted by molar-refractivity contribution is 9.10. The molecule has 1 atom stereocenters. The summed E-state index contributed by atoms with van der Waals surface area (Å²) in [5.74, 6) is 0. The fourth-order valence-electron chi connectivity index (χ4n) is 1.76. The second-order valence-corrected chi connectivity index (χ2v) is 4.50. The molecule has 1 aliphatic heterocycles. The molecule has 0 amide bonds. The fourth-order valence-corrected chi connectivity index (χ4v) is 2.11. The highest BCUT2D eigenvalue weighted by Gasteiger charge is 2.17. The number of fused-ring (bicyclic) bond motifs is 1. The zero-order valence-electron chi connectivity index (χ0n) is 7.84. The number of halogens is 1.